The molecule has 1 aliphatic rings. The topological polar surface area (TPSA) is 119 Å². The summed E-state index contributed by atoms with van der Waals surface area (Å²) >= 11 is 0. The number of aromatic nitrogens is 4. The van der Waals surface area contributed by atoms with Crippen molar-refractivity contribution >= 4 is 17.0 Å². The lowest BCUT2D eigenvalue weighted by atomic mass is 9.93. The largest absolute Gasteiger partial charge is 0.393 e. The first kappa shape index (κ1) is 15.0. The quantitative estimate of drug-likeness (QED) is 0.677. The first-order valence-corrected chi connectivity index (χ1v) is 6.65. The Morgan fingerprint density at radius 2 is 2.32 bits per heavy atom. The van der Waals surface area contributed by atoms with Crippen molar-refractivity contribution in [3.8, 4) is 0 Å². The lowest BCUT2D eigenvalue weighted by Crippen LogP contribution is -2.50. The number of nitrogens with zero attached hydrogens (tertiary/aromatic N) is 4. The molecule has 1 unspecified atom stereocenters. The van der Waals surface area contributed by atoms with Gasteiger partial charge < -0.3 is 20.7 Å². The number of fused-ring (bicyclic) bond motifs is 1. The molecule has 0 spiro atoms. The summed E-state index contributed by atoms with van der Waals surface area (Å²) < 4.78 is 34.0. The molecule has 8 nitrogen and oxygen atoms in total. The number of hydrogen-bond donors (Lipinski definition) is 3. The van der Waals surface area contributed by atoms with E-state index < -0.39 is 36.8 Å². The van der Waals surface area contributed by atoms with Crippen molar-refractivity contribution in [1.29, 1.82) is 0 Å². The van der Waals surface area contributed by atoms with Crippen LogP contribution < -0.4 is 5.73 Å². The van der Waals surface area contributed by atoms with Gasteiger partial charge in [0.25, 0.3) is 0 Å². The first-order valence-electron chi connectivity index (χ1n) is 6.65. The summed E-state index contributed by atoms with van der Waals surface area (Å²) in [5.74, 6) is -0.132. The number of aliphatic hydroxyl groups excluding tert-OH is 2. The van der Waals surface area contributed by atoms with Crippen LogP contribution in [0.5, 0.6) is 0 Å². The normalized spacial score (nSPS) is 30.0. The van der Waals surface area contributed by atoms with Crippen molar-refractivity contribution in [2.24, 2.45) is 0 Å². The van der Waals surface area contributed by atoms with E-state index in [1.165, 1.54) is 17.8 Å². The van der Waals surface area contributed by atoms with Crippen LogP contribution in [0.25, 0.3) is 11.2 Å². The summed E-state index contributed by atoms with van der Waals surface area (Å²) in [5, 5.41) is 19.5. The maximum Gasteiger partial charge on any atom is 0.312 e. The van der Waals surface area contributed by atoms with Crippen molar-refractivity contribution in [3.05, 3.63) is 12.4 Å². The zero-order valence-electron chi connectivity index (χ0n) is 11.6. The lowest BCUT2D eigenvalue weighted by molar-refractivity contribution is -0.159. The Hall–Kier alpha value is -1.91. The van der Waals surface area contributed by atoms with E-state index in [1.54, 1.807) is 0 Å². The monoisotopic (exact) mass is 315 g/mol. The van der Waals surface area contributed by atoms with Gasteiger partial charge in [-0.2, -0.15) is 14.4 Å². The van der Waals surface area contributed by atoms with Gasteiger partial charge in [-0.25, -0.2) is 9.37 Å². The number of nitrogens with two attached hydrogens (primary N) is 1. The lowest BCUT2D eigenvalue weighted by Gasteiger charge is -2.31. The Bertz CT molecular complexity index is 709. The van der Waals surface area contributed by atoms with Gasteiger partial charge in [-0.05, 0) is 6.92 Å². The molecule has 1 aliphatic heterocycles. The van der Waals surface area contributed by atoms with Crippen molar-refractivity contribution in [1.82, 2.24) is 19.5 Å². The van der Waals surface area contributed by atoms with Crippen LogP contribution in [0.1, 0.15) is 19.6 Å². The molecule has 22 heavy (non-hydrogen) atoms. The van der Waals surface area contributed by atoms with Gasteiger partial charge in [0.2, 0.25) is 0 Å². The van der Waals surface area contributed by atoms with Gasteiger partial charge in [0.1, 0.15) is 12.4 Å². The maximum absolute atomic E-state index is 13.8. The van der Waals surface area contributed by atoms with Crippen LogP contribution >= 0.6 is 0 Å². The summed E-state index contributed by atoms with van der Waals surface area (Å²) in [4.78, 5) is 10.9. The molecule has 4 N–H and O–H groups in total. The molecule has 0 aliphatic carbocycles. The van der Waals surface area contributed by atoms with E-state index >= 15 is 0 Å². The number of halogens is 2. The molecule has 0 aromatic carbocycles. The van der Waals surface area contributed by atoms with Crippen LogP contribution in [0.15, 0.2) is 6.33 Å². The van der Waals surface area contributed by atoms with E-state index in [-0.39, 0.29) is 23.4 Å². The van der Waals surface area contributed by atoms with E-state index in [9.17, 15) is 19.0 Å². The maximum atomic E-state index is 13.8. The zero-order valence-corrected chi connectivity index (χ0v) is 11.6. The fourth-order valence-corrected chi connectivity index (χ4v) is 2.69. The number of nitrogen functional groups attached to an aromatic ring is 1. The van der Waals surface area contributed by atoms with Gasteiger partial charge in [-0.1, -0.05) is 0 Å². The highest BCUT2D eigenvalue weighted by molar-refractivity contribution is 5.81. The fraction of sp³-hybridized carbons (Fsp3) is 0.583. The standard InChI is InChI=1S/C12H15F2N5O3/c1-5(13)12(3-20)6(21)2-7(22-12)19-4-16-8-9(15)17-11(14)18-10(8)19/h4-7,20-21H,2-3H2,1H3,(H2,15,17,18)/t5?,6-,7+,12-/m0/s1. The Labute approximate surface area is 123 Å². The van der Waals surface area contributed by atoms with Crippen molar-refractivity contribution < 1.29 is 23.7 Å². The highest BCUT2D eigenvalue weighted by Crippen LogP contribution is 2.40. The van der Waals surface area contributed by atoms with Crippen LogP contribution in [0.2, 0.25) is 0 Å². The van der Waals surface area contributed by atoms with Crippen LogP contribution in [0, 0.1) is 6.08 Å². The third-order valence-corrected chi connectivity index (χ3v) is 4.00. The van der Waals surface area contributed by atoms with E-state index in [4.69, 9.17) is 10.5 Å². The number of alkyl halides is 1. The predicted octanol–water partition coefficient (Wildman–Crippen LogP) is -0.0835. The molecule has 0 amide bonds. The number of aliphatic hydroxyl groups is 2. The van der Waals surface area contributed by atoms with Crippen molar-refractivity contribution in [2.45, 2.75) is 37.4 Å². The second kappa shape index (κ2) is 5.07. The molecule has 0 radical (unpaired) electrons. The molecule has 3 rings (SSSR count). The molecular weight excluding hydrogens is 300 g/mol. The Balaban J connectivity index is 2.03. The molecule has 10 heteroatoms. The molecule has 1 saturated heterocycles. The average molecular weight is 315 g/mol. The summed E-state index contributed by atoms with van der Waals surface area (Å²) in [7, 11) is 0. The third-order valence-electron chi connectivity index (χ3n) is 4.00. The van der Waals surface area contributed by atoms with Crippen molar-refractivity contribution in [2.75, 3.05) is 12.3 Å². The Morgan fingerprint density at radius 3 is 2.91 bits per heavy atom. The second-order valence-corrected chi connectivity index (χ2v) is 5.26. The van der Waals surface area contributed by atoms with Crippen LogP contribution in [0.4, 0.5) is 14.6 Å². The van der Waals surface area contributed by atoms with Gasteiger partial charge in [0.15, 0.2) is 22.6 Å². The van der Waals surface area contributed by atoms with Gasteiger partial charge in [-0.15, -0.1) is 0 Å². The molecule has 4 atom stereocenters. The predicted molar refractivity (Wildman–Crippen MR) is 70.8 cm³/mol. The smallest absolute Gasteiger partial charge is 0.312 e. The van der Waals surface area contributed by atoms with Gasteiger partial charge in [0.05, 0.1) is 19.0 Å². The van der Waals surface area contributed by atoms with Crippen LogP contribution in [-0.4, -0.2) is 54.2 Å². The minimum Gasteiger partial charge on any atom is -0.393 e. The molecule has 3 heterocycles. The van der Waals surface area contributed by atoms with E-state index in [2.05, 4.69) is 15.0 Å². The minimum atomic E-state index is -1.74. The van der Waals surface area contributed by atoms with E-state index in [1.807, 2.05) is 0 Å². The zero-order chi connectivity index (χ0) is 16.1. The van der Waals surface area contributed by atoms with Crippen LogP contribution in [0.3, 0.4) is 0 Å². The Kier molecular flexibility index (Phi) is 3.46. The first-order chi connectivity index (χ1) is 10.4. The highest BCUT2D eigenvalue weighted by atomic mass is 19.1. The van der Waals surface area contributed by atoms with Gasteiger partial charge in [-0.3, -0.25) is 4.57 Å². The molecule has 120 valence electrons. The Morgan fingerprint density at radius 1 is 1.59 bits per heavy atom. The summed E-state index contributed by atoms with van der Waals surface area (Å²) in [6.45, 7) is 0.494. The van der Waals surface area contributed by atoms with Gasteiger partial charge >= 0.3 is 6.08 Å². The molecule has 2 aromatic rings. The number of ether oxygens (including phenoxy) is 1. The van der Waals surface area contributed by atoms with Crippen molar-refractivity contribution in [3.63, 3.8) is 0 Å². The minimum absolute atomic E-state index is 0.00813. The number of imidazole rings is 1. The summed E-state index contributed by atoms with van der Waals surface area (Å²) in [6, 6.07) is 0. The summed E-state index contributed by atoms with van der Waals surface area (Å²) in [6.07, 6.45) is -3.45. The fourth-order valence-electron chi connectivity index (χ4n) is 2.69. The summed E-state index contributed by atoms with van der Waals surface area (Å²) in [5.41, 5.74) is 4.08. The van der Waals surface area contributed by atoms with Crippen LogP contribution in [-0.2, 0) is 4.74 Å². The number of rotatable bonds is 3. The third kappa shape index (κ3) is 2.02. The number of hydrogen-bond acceptors (Lipinski definition) is 7. The van der Waals surface area contributed by atoms with E-state index in [0.717, 1.165) is 0 Å². The van der Waals surface area contributed by atoms with E-state index in [0.29, 0.717) is 0 Å². The average Bonchev–Trinajstić information content (AvgIpc) is 3.00. The molecule has 2 aromatic heterocycles. The molecular formula is C12H15F2N5O3. The SMILES string of the molecule is CC(F)[C@]1(CO)O[C@@H](n2cnc3c(N)nc(F)nc32)C[C@@H]1O. The molecule has 0 saturated carbocycles. The second-order valence-electron chi connectivity index (χ2n) is 5.26. The van der Waals surface area contributed by atoms with Gasteiger partial charge in [0, 0.05) is 6.42 Å². The number of anilines is 1. The molecule has 0 bridgehead atoms. The highest BCUT2D eigenvalue weighted by Gasteiger charge is 2.53. The molecule has 1 fully saturated rings.